The Morgan fingerprint density at radius 2 is 1.73 bits per heavy atom. The number of aliphatic hydroxyl groups is 1. The fourth-order valence-electron chi connectivity index (χ4n) is 3.24. The van der Waals surface area contributed by atoms with E-state index < -0.39 is 12.1 Å². The number of carbonyl (C=O) groups is 1. The maximum atomic E-state index is 11.8. The summed E-state index contributed by atoms with van der Waals surface area (Å²) < 4.78 is 21.9. The Bertz CT molecular complexity index is 585. The number of hydrogen-bond donors (Lipinski definition) is 1. The minimum Gasteiger partial charge on any atom is -0.492 e. The summed E-state index contributed by atoms with van der Waals surface area (Å²) in [7, 11) is 2.83. The molecule has 0 saturated carbocycles. The first kappa shape index (κ1) is 15.0. The minimum atomic E-state index is -1.39. The van der Waals surface area contributed by atoms with Gasteiger partial charge >= 0.3 is 5.97 Å². The van der Waals surface area contributed by atoms with Gasteiger partial charge in [-0.3, -0.25) is 0 Å². The molecule has 3 rings (SSSR count). The molecule has 0 amide bonds. The molecule has 0 spiro atoms. The van der Waals surface area contributed by atoms with Crippen molar-refractivity contribution in [1.82, 2.24) is 0 Å². The Hall–Kier alpha value is -1.95. The number of rotatable bonds is 3. The van der Waals surface area contributed by atoms with Gasteiger partial charge in [0.25, 0.3) is 0 Å². The minimum absolute atomic E-state index is 0.0487. The van der Waals surface area contributed by atoms with Gasteiger partial charge in [-0.15, -0.1) is 0 Å². The Balaban J connectivity index is 2.24. The maximum Gasteiger partial charge on any atom is 0.339 e. The number of fused-ring (bicyclic) bond motifs is 2. The third kappa shape index (κ3) is 2.09. The predicted molar refractivity (Wildman–Crippen MR) is 77.6 cm³/mol. The molecule has 2 heterocycles. The van der Waals surface area contributed by atoms with E-state index in [0.29, 0.717) is 35.7 Å². The second-order valence-corrected chi connectivity index (χ2v) is 5.75. The van der Waals surface area contributed by atoms with Crippen LogP contribution in [-0.2, 0) is 22.4 Å². The van der Waals surface area contributed by atoms with Crippen molar-refractivity contribution in [3.05, 3.63) is 16.7 Å². The molecule has 22 heavy (non-hydrogen) atoms. The highest BCUT2D eigenvalue weighted by Gasteiger charge is 2.40. The highest BCUT2D eigenvalue weighted by atomic mass is 16.5. The number of methoxy groups -OCH3 is 2. The Morgan fingerprint density at radius 1 is 1.14 bits per heavy atom. The summed E-state index contributed by atoms with van der Waals surface area (Å²) in [4.78, 5) is 11.8. The molecule has 3 unspecified atom stereocenters. The average molecular weight is 308 g/mol. The Labute approximate surface area is 128 Å². The molecule has 1 N–H and O–H groups in total. The van der Waals surface area contributed by atoms with Gasteiger partial charge in [-0.05, 0) is 13.8 Å². The molecule has 6 heteroatoms. The van der Waals surface area contributed by atoms with Crippen LogP contribution in [0.5, 0.6) is 17.2 Å². The topological polar surface area (TPSA) is 74.2 Å². The third-order valence-electron chi connectivity index (χ3n) is 4.12. The first-order valence-electron chi connectivity index (χ1n) is 7.32. The van der Waals surface area contributed by atoms with Crippen LogP contribution in [0.15, 0.2) is 0 Å². The third-order valence-corrected chi connectivity index (χ3v) is 4.12. The van der Waals surface area contributed by atoms with Gasteiger partial charge < -0.3 is 24.1 Å². The SMILES string of the molecule is COC(=O)C(O)c1c2c(c(OC)c3c1OC(C)C3)OC(C)C2. The van der Waals surface area contributed by atoms with E-state index in [1.165, 1.54) is 7.11 Å². The number of benzene rings is 1. The second-order valence-electron chi connectivity index (χ2n) is 5.75. The summed E-state index contributed by atoms with van der Waals surface area (Å²) in [5, 5.41) is 10.4. The van der Waals surface area contributed by atoms with E-state index >= 15 is 0 Å². The van der Waals surface area contributed by atoms with Crippen LogP contribution in [-0.4, -0.2) is 37.5 Å². The first-order valence-corrected chi connectivity index (χ1v) is 7.32. The summed E-state index contributed by atoms with van der Waals surface area (Å²) in [6, 6.07) is 0. The van der Waals surface area contributed by atoms with Gasteiger partial charge in [-0.2, -0.15) is 0 Å². The van der Waals surface area contributed by atoms with Crippen LogP contribution in [0, 0.1) is 0 Å². The Kier molecular flexibility index (Phi) is 3.64. The van der Waals surface area contributed by atoms with Crippen LogP contribution in [0.4, 0.5) is 0 Å². The van der Waals surface area contributed by atoms with Crippen LogP contribution in [0.3, 0.4) is 0 Å². The van der Waals surface area contributed by atoms with E-state index in [9.17, 15) is 9.90 Å². The fraction of sp³-hybridized carbons (Fsp3) is 0.562. The molecule has 120 valence electrons. The monoisotopic (exact) mass is 308 g/mol. The van der Waals surface area contributed by atoms with Gasteiger partial charge in [0, 0.05) is 29.5 Å². The quantitative estimate of drug-likeness (QED) is 0.854. The van der Waals surface area contributed by atoms with Crippen molar-refractivity contribution in [3.63, 3.8) is 0 Å². The molecule has 0 fully saturated rings. The molecule has 2 aliphatic rings. The van der Waals surface area contributed by atoms with Crippen molar-refractivity contribution in [2.45, 2.75) is 45.0 Å². The molecule has 0 aliphatic carbocycles. The summed E-state index contributed by atoms with van der Waals surface area (Å²) in [5.41, 5.74) is 2.04. The van der Waals surface area contributed by atoms with E-state index in [1.807, 2.05) is 13.8 Å². The summed E-state index contributed by atoms with van der Waals surface area (Å²) in [6.45, 7) is 3.87. The van der Waals surface area contributed by atoms with E-state index in [-0.39, 0.29) is 12.2 Å². The fourth-order valence-corrected chi connectivity index (χ4v) is 3.24. The lowest BCUT2D eigenvalue weighted by molar-refractivity contribution is -0.150. The smallest absolute Gasteiger partial charge is 0.339 e. The zero-order valence-electron chi connectivity index (χ0n) is 13.1. The lowest BCUT2D eigenvalue weighted by Crippen LogP contribution is -2.17. The van der Waals surface area contributed by atoms with Crippen molar-refractivity contribution >= 4 is 5.97 Å². The molecular weight excluding hydrogens is 288 g/mol. The largest absolute Gasteiger partial charge is 0.492 e. The molecule has 2 aliphatic heterocycles. The number of ether oxygens (including phenoxy) is 4. The van der Waals surface area contributed by atoms with Gasteiger partial charge in [-0.25, -0.2) is 4.79 Å². The number of hydrogen-bond acceptors (Lipinski definition) is 6. The number of aliphatic hydroxyl groups excluding tert-OH is 1. The van der Waals surface area contributed by atoms with Crippen LogP contribution in [0.2, 0.25) is 0 Å². The molecule has 0 bridgehead atoms. The van der Waals surface area contributed by atoms with Crippen molar-refractivity contribution in [1.29, 1.82) is 0 Å². The molecule has 0 saturated heterocycles. The molecule has 3 atom stereocenters. The van der Waals surface area contributed by atoms with Crippen LogP contribution < -0.4 is 14.2 Å². The van der Waals surface area contributed by atoms with E-state index in [0.717, 1.165) is 11.1 Å². The van der Waals surface area contributed by atoms with Gasteiger partial charge in [0.1, 0.15) is 18.0 Å². The molecule has 0 radical (unpaired) electrons. The van der Waals surface area contributed by atoms with E-state index in [1.54, 1.807) is 7.11 Å². The lowest BCUT2D eigenvalue weighted by Gasteiger charge is -2.19. The molecular formula is C16H20O6. The zero-order valence-corrected chi connectivity index (χ0v) is 13.1. The van der Waals surface area contributed by atoms with Gasteiger partial charge in [0.15, 0.2) is 17.6 Å². The standard InChI is InChI=1S/C16H20O6/c1-7-5-9-11(12(17)16(18)20-4)13-10(6-8(2)21-13)14(19-3)15(9)22-7/h7-8,12,17H,5-6H2,1-4H3. The van der Waals surface area contributed by atoms with Gasteiger partial charge in [0.2, 0.25) is 0 Å². The summed E-state index contributed by atoms with van der Waals surface area (Å²) in [5.74, 6) is 1.06. The molecule has 0 aromatic heterocycles. The van der Waals surface area contributed by atoms with Crippen molar-refractivity contribution in [2.24, 2.45) is 0 Å². The Morgan fingerprint density at radius 3 is 2.32 bits per heavy atom. The number of carbonyl (C=O) groups excluding carboxylic acids is 1. The summed E-state index contributed by atoms with van der Waals surface area (Å²) >= 11 is 0. The highest BCUT2D eigenvalue weighted by Crippen LogP contribution is 2.52. The van der Waals surface area contributed by atoms with E-state index in [4.69, 9.17) is 14.2 Å². The van der Waals surface area contributed by atoms with Crippen molar-refractivity contribution in [3.8, 4) is 17.2 Å². The van der Waals surface area contributed by atoms with Crippen LogP contribution >= 0.6 is 0 Å². The first-order chi connectivity index (χ1) is 10.5. The predicted octanol–water partition coefficient (Wildman–Crippen LogP) is 1.55. The lowest BCUT2D eigenvalue weighted by atomic mass is 9.93. The summed E-state index contributed by atoms with van der Waals surface area (Å²) in [6.07, 6.45) is -0.262. The van der Waals surface area contributed by atoms with Crippen LogP contribution in [0.25, 0.3) is 0 Å². The average Bonchev–Trinajstić information content (AvgIpc) is 3.04. The number of esters is 1. The normalized spacial score (nSPS) is 23.1. The molecule has 1 aromatic carbocycles. The molecule has 1 aromatic rings. The van der Waals surface area contributed by atoms with Crippen LogP contribution in [0.1, 0.15) is 36.6 Å². The van der Waals surface area contributed by atoms with Crippen molar-refractivity contribution in [2.75, 3.05) is 14.2 Å². The van der Waals surface area contributed by atoms with Gasteiger partial charge in [0.05, 0.1) is 14.2 Å². The zero-order chi connectivity index (χ0) is 16.0. The molecule has 6 nitrogen and oxygen atoms in total. The highest BCUT2D eigenvalue weighted by molar-refractivity contribution is 5.80. The second kappa shape index (κ2) is 5.35. The van der Waals surface area contributed by atoms with E-state index in [2.05, 4.69) is 4.74 Å². The van der Waals surface area contributed by atoms with Crippen molar-refractivity contribution < 1.29 is 28.8 Å². The maximum absolute atomic E-state index is 11.8. The van der Waals surface area contributed by atoms with Gasteiger partial charge in [-0.1, -0.05) is 0 Å².